The molecule has 0 nitrogen and oxygen atoms in total. The van der Waals surface area contributed by atoms with Crippen LogP contribution in [0.15, 0.2) is 0 Å². The van der Waals surface area contributed by atoms with Crippen molar-refractivity contribution in [2.24, 2.45) is 41.4 Å². The standard InChI is InChI=1S/C11H11Br3/c12-10-2-5-3-1-4-6(5)9(10)11(13,14)8(4)7(3)10/h3-9H,1-2H2/t3-,4-,5+,6+,7+,8-,9+,10+/m0/s1. The summed E-state index contributed by atoms with van der Waals surface area (Å²) in [7, 11) is 0. The second-order valence-electron chi connectivity index (χ2n) is 6.14. The molecule has 6 aliphatic carbocycles. The van der Waals surface area contributed by atoms with E-state index in [4.69, 9.17) is 0 Å². The topological polar surface area (TPSA) is 0 Å². The third-order valence-corrected chi connectivity index (χ3v) is 9.65. The third-order valence-electron chi connectivity index (χ3n) is 6.26. The van der Waals surface area contributed by atoms with Crippen molar-refractivity contribution in [3.8, 4) is 0 Å². The van der Waals surface area contributed by atoms with Gasteiger partial charge in [-0.15, -0.1) is 0 Å². The van der Waals surface area contributed by atoms with E-state index in [1.807, 2.05) is 0 Å². The van der Waals surface area contributed by atoms with Crippen LogP contribution in [0.2, 0.25) is 0 Å². The summed E-state index contributed by atoms with van der Waals surface area (Å²) in [6.45, 7) is 0. The van der Waals surface area contributed by atoms with Gasteiger partial charge >= 0.3 is 0 Å². The van der Waals surface area contributed by atoms with Crippen LogP contribution in [0.3, 0.4) is 0 Å². The average molecular weight is 383 g/mol. The largest absolute Gasteiger partial charge is 0.0883 e. The van der Waals surface area contributed by atoms with Gasteiger partial charge in [0.2, 0.25) is 0 Å². The van der Waals surface area contributed by atoms with Crippen LogP contribution in [0, 0.1) is 41.4 Å². The summed E-state index contributed by atoms with van der Waals surface area (Å²) in [5, 5.41) is 0. The first kappa shape index (κ1) is 8.52. The molecule has 6 fully saturated rings. The molecule has 6 rings (SSSR count). The first-order chi connectivity index (χ1) is 6.57. The van der Waals surface area contributed by atoms with Crippen LogP contribution in [-0.2, 0) is 0 Å². The quantitative estimate of drug-likeness (QED) is 0.559. The Hall–Kier alpha value is 1.44. The number of hydrogen-bond donors (Lipinski definition) is 0. The maximum Gasteiger partial charge on any atom is 0.0883 e. The van der Waals surface area contributed by atoms with Gasteiger partial charge in [-0.25, -0.2) is 0 Å². The molecule has 14 heavy (non-hydrogen) atoms. The molecule has 0 aromatic rings. The van der Waals surface area contributed by atoms with Gasteiger partial charge in [-0.3, -0.25) is 0 Å². The average Bonchev–Trinajstić information content (AvgIpc) is 2.70. The van der Waals surface area contributed by atoms with E-state index in [2.05, 4.69) is 47.8 Å². The highest BCUT2D eigenvalue weighted by Gasteiger charge is 2.88. The molecule has 6 bridgehead atoms. The van der Waals surface area contributed by atoms with Gasteiger partial charge in [0.1, 0.15) is 0 Å². The van der Waals surface area contributed by atoms with Crippen LogP contribution in [-0.4, -0.2) is 7.56 Å². The van der Waals surface area contributed by atoms with Crippen LogP contribution >= 0.6 is 47.8 Å². The molecular weight excluding hydrogens is 372 g/mol. The van der Waals surface area contributed by atoms with Gasteiger partial charge in [-0.2, -0.15) is 0 Å². The fourth-order valence-electron chi connectivity index (χ4n) is 6.48. The SMILES string of the molecule is BrC1(Br)[C@H]2[C@H]3C[C@H]4[C@H]5C[C@@](Br)([C@H]42)[C@H]1[C@@H]53. The number of halogens is 3. The van der Waals surface area contributed by atoms with E-state index < -0.39 is 0 Å². The van der Waals surface area contributed by atoms with Crippen LogP contribution in [0.5, 0.6) is 0 Å². The van der Waals surface area contributed by atoms with Gasteiger partial charge < -0.3 is 0 Å². The number of rotatable bonds is 0. The predicted molar refractivity (Wildman–Crippen MR) is 65.9 cm³/mol. The second-order valence-corrected chi connectivity index (χ2v) is 11.3. The smallest absolute Gasteiger partial charge is 0.0846 e. The zero-order valence-electron chi connectivity index (χ0n) is 7.59. The van der Waals surface area contributed by atoms with Crippen LogP contribution < -0.4 is 0 Å². The molecule has 6 saturated carbocycles. The second kappa shape index (κ2) is 1.96. The maximum atomic E-state index is 4.13. The van der Waals surface area contributed by atoms with Crippen molar-refractivity contribution >= 4 is 47.8 Å². The van der Waals surface area contributed by atoms with Crippen LogP contribution in [0.1, 0.15) is 12.8 Å². The van der Waals surface area contributed by atoms with Crippen LogP contribution in [0.4, 0.5) is 0 Å². The summed E-state index contributed by atoms with van der Waals surface area (Å²) in [4.78, 5) is 0. The molecule has 0 saturated heterocycles. The van der Waals surface area contributed by atoms with Crippen molar-refractivity contribution in [3.05, 3.63) is 0 Å². The Morgan fingerprint density at radius 1 is 0.929 bits per heavy atom. The molecule has 0 heterocycles. The Labute approximate surface area is 109 Å². The highest BCUT2D eigenvalue weighted by atomic mass is 79.9. The first-order valence-electron chi connectivity index (χ1n) is 5.63. The van der Waals surface area contributed by atoms with Gasteiger partial charge in [0.25, 0.3) is 0 Å². The Morgan fingerprint density at radius 3 is 2.43 bits per heavy atom. The van der Waals surface area contributed by atoms with Gasteiger partial charge in [0.05, 0.1) is 3.23 Å². The van der Waals surface area contributed by atoms with E-state index in [1.165, 1.54) is 6.42 Å². The van der Waals surface area contributed by atoms with Crippen molar-refractivity contribution in [2.45, 2.75) is 20.4 Å². The van der Waals surface area contributed by atoms with Crippen molar-refractivity contribution < 1.29 is 0 Å². The summed E-state index contributed by atoms with van der Waals surface area (Å²) in [6, 6.07) is 0. The molecule has 8 atom stereocenters. The lowest BCUT2D eigenvalue weighted by Crippen LogP contribution is -2.39. The van der Waals surface area contributed by atoms with Crippen molar-refractivity contribution in [3.63, 3.8) is 0 Å². The molecule has 0 unspecified atom stereocenters. The highest BCUT2D eigenvalue weighted by Crippen LogP contribution is 2.90. The number of hydrogen-bond acceptors (Lipinski definition) is 0. The molecule has 3 heteroatoms. The Kier molecular flexibility index (Phi) is 1.20. The highest BCUT2D eigenvalue weighted by molar-refractivity contribution is 9.25. The molecule has 0 aromatic carbocycles. The zero-order valence-corrected chi connectivity index (χ0v) is 12.3. The first-order valence-corrected chi connectivity index (χ1v) is 8.01. The summed E-state index contributed by atoms with van der Waals surface area (Å²) in [5.41, 5.74) is 0. The molecule has 0 spiro atoms. The molecule has 0 aliphatic heterocycles. The lowest BCUT2D eigenvalue weighted by atomic mass is 9.71. The van der Waals surface area contributed by atoms with E-state index in [0.29, 0.717) is 7.56 Å². The Bertz CT molecular complexity index is 366. The predicted octanol–water partition coefficient (Wildman–Crippen LogP) is 3.77. The summed E-state index contributed by atoms with van der Waals surface area (Å²) < 4.78 is 0.821. The Balaban J connectivity index is 1.89. The van der Waals surface area contributed by atoms with Gasteiger partial charge in [-0.05, 0) is 48.3 Å². The minimum absolute atomic E-state index is 0.295. The summed E-state index contributed by atoms with van der Waals surface area (Å²) in [6.07, 6.45) is 3.02. The van der Waals surface area contributed by atoms with Crippen molar-refractivity contribution in [2.75, 3.05) is 0 Å². The van der Waals surface area contributed by atoms with Crippen molar-refractivity contribution in [1.82, 2.24) is 0 Å². The lowest BCUT2D eigenvalue weighted by Gasteiger charge is -2.38. The molecule has 6 aliphatic rings. The molecule has 0 aromatic heterocycles. The van der Waals surface area contributed by atoms with E-state index in [-0.39, 0.29) is 0 Å². The minimum atomic E-state index is 0.295. The molecular formula is C11H11Br3. The lowest BCUT2D eigenvalue weighted by molar-refractivity contribution is 0.149. The van der Waals surface area contributed by atoms with Gasteiger partial charge in [0, 0.05) is 10.2 Å². The normalized spacial score (nSPS) is 78.6. The number of alkyl halides is 3. The molecule has 0 radical (unpaired) electrons. The zero-order chi connectivity index (χ0) is 9.46. The molecule has 76 valence electrons. The van der Waals surface area contributed by atoms with Crippen molar-refractivity contribution in [1.29, 1.82) is 0 Å². The fourth-order valence-corrected chi connectivity index (χ4v) is 11.4. The summed E-state index contributed by atoms with van der Waals surface area (Å²) >= 11 is 12.2. The minimum Gasteiger partial charge on any atom is -0.0846 e. The fraction of sp³-hybridized carbons (Fsp3) is 1.00. The van der Waals surface area contributed by atoms with Crippen LogP contribution in [0.25, 0.3) is 0 Å². The monoisotopic (exact) mass is 380 g/mol. The van der Waals surface area contributed by atoms with E-state index in [9.17, 15) is 0 Å². The Morgan fingerprint density at radius 2 is 1.71 bits per heavy atom. The maximum absolute atomic E-state index is 4.13. The van der Waals surface area contributed by atoms with E-state index in [1.54, 1.807) is 6.42 Å². The molecule has 0 amide bonds. The van der Waals surface area contributed by atoms with E-state index >= 15 is 0 Å². The van der Waals surface area contributed by atoms with Gasteiger partial charge in [-0.1, -0.05) is 47.8 Å². The molecule has 0 N–H and O–H groups in total. The summed E-state index contributed by atoms with van der Waals surface area (Å²) in [5.74, 6) is 7.08. The van der Waals surface area contributed by atoms with E-state index in [0.717, 1.165) is 41.4 Å². The van der Waals surface area contributed by atoms with Gasteiger partial charge in [0.15, 0.2) is 0 Å². The third kappa shape index (κ3) is 0.533.